The summed E-state index contributed by atoms with van der Waals surface area (Å²) in [5.74, 6) is 0.188. The summed E-state index contributed by atoms with van der Waals surface area (Å²) in [4.78, 5) is 24.3. The second-order valence-electron chi connectivity index (χ2n) is 13.3. The highest BCUT2D eigenvalue weighted by molar-refractivity contribution is 6.12. The lowest BCUT2D eigenvalue weighted by atomic mass is 9.77. The third-order valence-electron chi connectivity index (χ3n) is 7.99. The number of aromatic nitrogens is 2. The van der Waals surface area contributed by atoms with Crippen molar-refractivity contribution in [1.29, 1.82) is 0 Å². The number of benzene rings is 2. The molecule has 42 heavy (non-hydrogen) atoms. The Hall–Kier alpha value is -4.31. The molecule has 1 unspecified atom stereocenters. The quantitative estimate of drug-likeness (QED) is 0.161. The average molecular weight is 556 g/mol. The van der Waals surface area contributed by atoms with E-state index in [9.17, 15) is 4.79 Å². The van der Waals surface area contributed by atoms with E-state index in [4.69, 9.17) is 9.97 Å². The van der Waals surface area contributed by atoms with E-state index in [2.05, 4.69) is 121 Å². The fourth-order valence-corrected chi connectivity index (χ4v) is 5.44. The molecule has 1 aliphatic rings. The van der Waals surface area contributed by atoms with Crippen molar-refractivity contribution >= 4 is 11.6 Å². The van der Waals surface area contributed by atoms with E-state index in [0.717, 1.165) is 57.1 Å². The van der Waals surface area contributed by atoms with Crippen LogP contribution in [0.1, 0.15) is 65.1 Å². The minimum absolute atomic E-state index is 0.0145. The van der Waals surface area contributed by atoms with Crippen molar-refractivity contribution in [2.75, 3.05) is 11.4 Å². The third-order valence-corrected chi connectivity index (χ3v) is 7.99. The van der Waals surface area contributed by atoms with Crippen LogP contribution < -0.4 is 4.90 Å². The summed E-state index contributed by atoms with van der Waals surface area (Å²) in [5.41, 5.74) is 9.83. The van der Waals surface area contributed by atoms with Crippen LogP contribution in [0.5, 0.6) is 0 Å². The zero-order valence-electron chi connectivity index (χ0n) is 25.7. The van der Waals surface area contributed by atoms with Gasteiger partial charge in [-0.25, -0.2) is 4.98 Å². The highest BCUT2D eigenvalue weighted by Crippen LogP contribution is 2.40. The highest BCUT2D eigenvalue weighted by atomic mass is 16.2. The monoisotopic (exact) mass is 555 g/mol. The van der Waals surface area contributed by atoms with E-state index in [1.165, 1.54) is 5.56 Å². The Morgan fingerprint density at radius 2 is 1.45 bits per heavy atom. The number of nitrogens with zero attached hydrogens (tertiary/aromatic N) is 3. The molecule has 0 bridgehead atoms. The lowest BCUT2D eigenvalue weighted by Gasteiger charge is -2.29. The SMILES string of the molecule is C=CCC(C(=C)C(C)(C)C)c1cccc(-c2cc(-c3cccc(-c4ccccc4C(C)(C)C)n3)cc(N3CC3=O)c2)n1. The largest absolute Gasteiger partial charge is 0.301 e. The molecule has 3 heterocycles. The number of hydrogen-bond donors (Lipinski definition) is 0. The normalized spacial score (nSPS) is 14.0. The molecule has 0 N–H and O–H groups in total. The van der Waals surface area contributed by atoms with Crippen LogP contribution in [0.3, 0.4) is 0 Å². The Morgan fingerprint density at radius 1 is 0.857 bits per heavy atom. The summed E-state index contributed by atoms with van der Waals surface area (Å²) in [7, 11) is 0. The van der Waals surface area contributed by atoms with Crippen molar-refractivity contribution in [1.82, 2.24) is 9.97 Å². The third kappa shape index (κ3) is 6.13. The van der Waals surface area contributed by atoms with E-state index in [-0.39, 0.29) is 22.7 Å². The topological polar surface area (TPSA) is 45.9 Å². The Morgan fingerprint density at radius 3 is 2.05 bits per heavy atom. The van der Waals surface area contributed by atoms with Crippen molar-refractivity contribution in [3.63, 3.8) is 0 Å². The van der Waals surface area contributed by atoms with Crippen molar-refractivity contribution in [3.05, 3.63) is 115 Å². The number of carbonyl (C=O) groups excluding carboxylic acids is 1. The molecule has 1 atom stereocenters. The van der Waals surface area contributed by atoms with Gasteiger partial charge >= 0.3 is 0 Å². The van der Waals surface area contributed by atoms with Crippen LogP contribution >= 0.6 is 0 Å². The van der Waals surface area contributed by atoms with Gasteiger partial charge in [0.1, 0.15) is 6.54 Å². The molecule has 1 amide bonds. The Kier molecular flexibility index (Phi) is 7.76. The van der Waals surface area contributed by atoms with Gasteiger partial charge in [0.15, 0.2) is 0 Å². The molecular weight excluding hydrogens is 514 g/mol. The van der Waals surface area contributed by atoms with E-state index in [1.54, 1.807) is 4.90 Å². The van der Waals surface area contributed by atoms with Gasteiger partial charge in [0.25, 0.3) is 0 Å². The number of hydrogen-bond acceptors (Lipinski definition) is 3. The smallest absolute Gasteiger partial charge is 0.247 e. The van der Waals surface area contributed by atoms with Gasteiger partial charge in [0.2, 0.25) is 5.91 Å². The summed E-state index contributed by atoms with van der Waals surface area (Å²) in [6.07, 6.45) is 2.71. The van der Waals surface area contributed by atoms with Crippen LogP contribution in [-0.4, -0.2) is 22.4 Å². The molecule has 2 aromatic heterocycles. The van der Waals surface area contributed by atoms with Gasteiger partial charge in [-0.05, 0) is 65.3 Å². The molecule has 0 saturated carbocycles. The summed E-state index contributed by atoms with van der Waals surface area (Å²) < 4.78 is 0. The highest BCUT2D eigenvalue weighted by Gasteiger charge is 2.32. The summed E-state index contributed by atoms with van der Waals surface area (Å²) in [6.45, 7) is 22.1. The van der Waals surface area contributed by atoms with Gasteiger partial charge in [-0.2, -0.15) is 0 Å². The molecule has 1 saturated heterocycles. The number of pyridine rings is 2. The van der Waals surface area contributed by atoms with Gasteiger partial charge < -0.3 is 4.90 Å². The number of amides is 1. The van der Waals surface area contributed by atoms with Crippen LogP contribution in [0.2, 0.25) is 0 Å². The molecule has 4 nitrogen and oxygen atoms in total. The first-order valence-electron chi connectivity index (χ1n) is 14.7. The van der Waals surface area contributed by atoms with E-state index < -0.39 is 0 Å². The zero-order chi connectivity index (χ0) is 30.2. The summed E-state index contributed by atoms with van der Waals surface area (Å²) >= 11 is 0. The van der Waals surface area contributed by atoms with Gasteiger partial charge in [-0.3, -0.25) is 9.78 Å². The Balaban J connectivity index is 1.60. The average Bonchev–Trinajstić information content (AvgIpc) is 3.71. The second-order valence-corrected chi connectivity index (χ2v) is 13.3. The first-order chi connectivity index (χ1) is 19.9. The maximum atomic E-state index is 12.2. The first-order valence-corrected chi connectivity index (χ1v) is 14.7. The van der Waals surface area contributed by atoms with E-state index in [1.807, 2.05) is 18.2 Å². The van der Waals surface area contributed by atoms with Crippen molar-refractivity contribution in [3.8, 4) is 33.8 Å². The minimum Gasteiger partial charge on any atom is -0.301 e. The summed E-state index contributed by atoms with van der Waals surface area (Å²) in [6, 6.07) is 27.0. The van der Waals surface area contributed by atoms with Gasteiger partial charge in [0.05, 0.1) is 17.1 Å². The number of anilines is 1. The zero-order valence-corrected chi connectivity index (χ0v) is 25.7. The molecule has 0 aliphatic carbocycles. The van der Waals surface area contributed by atoms with Crippen LogP contribution in [0.25, 0.3) is 33.8 Å². The van der Waals surface area contributed by atoms with Crippen molar-refractivity contribution in [2.24, 2.45) is 5.41 Å². The lowest BCUT2D eigenvalue weighted by Crippen LogP contribution is -2.16. The van der Waals surface area contributed by atoms with E-state index in [0.29, 0.717) is 6.54 Å². The van der Waals surface area contributed by atoms with Crippen LogP contribution in [0.15, 0.2) is 104 Å². The molecule has 1 fully saturated rings. The van der Waals surface area contributed by atoms with Crippen LogP contribution in [-0.2, 0) is 10.2 Å². The molecule has 5 rings (SSSR count). The lowest BCUT2D eigenvalue weighted by molar-refractivity contribution is -0.109. The molecule has 214 valence electrons. The van der Waals surface area contributed by atoms with Gasteiger partial charge in [-0.1, -0.05) is 96.2 Å². The number of allylic oxidation sites excluding steroid dienone is 2. The van der Waals surface area contributed by atoms with Crippen LogP contribution in [0, 0.1) is 5.41 Å². The van der Waals surface area contributed by atoms with Gasteiger partial charge in [-0.15, -0.1) is 6.58 Å². The molecule has 2 aromatic carbocycles. The van der Waals surface area contributed by atoms with Gasteiger partial charge in [0, 0.05) is 34.0 Å². The molecule has 4 heteroatoms. The number of carbonyl (C=O) groups is 1. The standard InChI is InChI=1S/C38H41N3O/c1-9-14-29(25(2)37(3,4)5)34-19-12-17-32(39-34)26-21-27(23-28(22-26)41-24-36(41)42)33-18-13-20-35(40-33)30-15-10-11-16-31(30)38(6,7)8/h9-13,15-23,29H,1-2,14,24H2,3-8H3. The fraction of sp³-hybridized carbons (Fsp3) is 0.289. The molecular formula is C38H41N3O. The first kappa shape index (κ1) is 29.2. The molecule has 0 radical (unpaired) electrons. The van der Waals surface area contributed by atoms with Crippen molar-refractivity contribution < 1.29 is 4.79 Å². The minimum atomic E-state index is -0.0552. The number of rotatable bonds is 8. The second kappa shape index (κ2) is 11.2. The maximum Gasteiger partial charge on any atom is 0.247 e. The fourth-order valence-electron chi connectivity index (χ4n) is 5.44. The van der Waals surface area contributed by atoms with Crippen molar-refractivity contribution in [2.45, 2.75) is 59.3 Å². The predicted molar refractivity (Wildman–Crippen MR) is 176 cm³/mol. The Bertz CT molecular complexity index is 1670. The molecule has 1 aliphatic heterocycles. The molecule has 4 aromatic rings. The van der Waals surface area contributed by atoms with Crippen LogP contribution in [0.4, 0.5) is 5.69 Å². The summed E-state index contributed by atoms with van der Waals surface area (Å²) in [5, 5.41) is 0. The predicted octanol–water partition coefficient (Wildman–Crippen LogP) is 9.38. The Labute approximate surface area is 250 Å². The molecule has 0 spiro atoms. The maximum absolute atomic E-state index is 12.2. The van der Waals surface area contributed by atoms with E-state index >= 15 is 0 Å².